The maximum absolute atomic E-state index is 12.8. The molecular formula is C18H21FN2O4S. The van der Waals surface area contributed by atoms with E-state index in [1.54, 1.807) is 24.3 Å². The number of rotatable bonds is 8. The van der Waals surface area contributed by atoms with Crippen LogP contribution in [0.2, 0.25) is 0 Å². The van der Waals surface area contributed by atoms with E-state index >= 15 is 0 Å². The van der Waals surface area contributed by atoms with E-state index in [1.807, 2.05) is 6.92 Å². The highest BCUT2D eigenvalue weighted by molar-refractivity contribution is 7.92. The monoisotopic (exact) mass is 380 g/mol. The van der Waals surface area contributed by atoms with Crippen molar-refractivity contribution >= 4 is 21.6 Å². The summed E-state index contributed by atoms with van der Waals surface area (Å²) in [7, 11) is -3.60. The van der Waals surface area contributed by atoms with Gasteiger partial charge in [0.15, 0.2) is 0 Å². The summed E-state index contributed by atoms with van der Waals surface area (Å²) in [5, 5.41) is 2.60. The quantitative estimate of drug-likeness (QED) is 0.712. The number of aryl methyl sites for hydroxylation is 1. The molecule has 2 rings (SSSR count). The van der Waals surface area contributed by atoms with Crippen LogP contribution < -0.4 is 14.4 Å². The minimum atomic E-state index is -3.60. The smallest absolute Gasteiger partial charge is 0.240 e. The number of benzene rings is 2. The topological polar surface area (TPSA) is 75.7 Å². The van der Waals surface area contributed by atoms with Gasteiger partial charge in [-0.1, -0.05) is 17.7 Å². The third-order valence-electron chi connectivity index (χ3n) is 3.52. The Morgan fingerprint density at radius 1 is 1.12 bits per heavy atom. The summed E-state index contributed by atoms with van der Waals surface area (Å²) in [5.74, 6) is -0.320. The number of carbonyl (C=O) groups excluding carboxylic acids is 1. The fourth-order valence-electron chi connectivity index (χ4n) is 2.19. The molecule has 0 saturated heterocycles. The first-order valence-electron chi connectivity index (χ1n) is 7.95. The predicted molar refractivity (Wildman–Crippen MR) is 98.3 cm³/mol. The van der Waals surface area contributed by atoms with Gasteiger partial charge in [-0.2, -0.15) is 0 Å². The van der Waals surface area contributed by atoms with Gasteiger partial charge in [-0.05, 0) is 43.3 Å². The fraction of sp³-hybridized carbons (Fsp3) is 0.278. The number of amides is 1. The molecule has 26 heavy (non-hydrogen) atoms. The lowest BCUT2D eigenvalue weighted by molar-refractivity contribution is -0.119. The van der Waals surface area contributed by atoms with Crippen molar-refractivity contribution in [3.63, 3.8) is 0 Å². The van der Waals surface area contributed by atoms with Gasteiger partial charge in [-0.3, -0.25) is 9.10 Å². The lowest BCUT2D eigenvalue weighted by Gasteiger charge is -2.22. The van der Waals surface area contributed by atoms with Gasteiger partial charge >= 0.3 is 0 Å². The van der Waals surface area contributed by atoms with Crippen molar-refractivity contribution < 1.29 is 22.3 Å². The van der Waals surface area contributed by atoms with Crippen LogP contribution in [0.4, 0.5) is 10.1 Å². The number of hydrogen-bond donors (Lipinski definition) is 1. The average molecular weight is 380 g/mol. The van der Waals surface area contributed by atoms with Crippen LogP contribution in [0.1, 0.15) is 5.56 Å². The summed E-state index contributed by atoms with van der Waals surface area (Å²) >= 11 is 0. The van der Waals surface area contributed by atoms with Crippen molar-refractivity contribution in [3.05, 3.63) is 59.9 Å². The highest BCUT2D eigenvalue weighted by atomic mass is 32.2. The number of ether oxygens (including phenoxy) is 1. The van der Waals surface area contributed by atoms with E-state index in [1.165, 1.54) is 24.3 Å². The zero-order valence-electron chi connectivity index (χ0n) is 14.6. The highest BCUT2D eigenvalue weighted by Crippen LogP contribution is 2.17. The van der Waals surface area contributed by atoms with Gasteiger partial charge in [-0.25, -0.2) is 12.8 Å². The highest BCUT2D eigenvalue weighted by Gasteiger charge is 2.20. The Kier molecular flexibility index (Phi) is 6.57. The fourth-order valence-corrected chi connectivity index (χ4v) is 3.04. The maximum atomic E-state index is 12.8. The maximum Gasteiger partial charge on any atom is 0.240 e. The third-order valence-corrected chi connectivity index (χ3v) is 4.66. The van der Waals surface area contributed by atoms with E-state index in [0.717, 1.165) is 16.1 Å². The number of halogens is 1. The standard InChI is InChI=1S/C18H21FN2O4S/c1-14-3-7-16(8-4-14)21(26(2,23)24)13-18(22)20-11-12-25-17-9-5-15(19)6-10-17/h3-10H,11-13H2,1-2H3,(H,20,22). The van der Waals surface area contributed by atoms with Gasteiger partial charge < -0.3 is 10.1 Å². The Hall–Kier alpha value is -2.61. The Labute approximate surface area is 152 Å². The summed E-state index contributed by atoms with van der Waals surface area (Å²) in [6, 6.07) is 12.4. The molecule has 0 radical (unpaired) electrons. The molecule has 2 aromatic carbocycles. The molecule has 0 aromatic heterocycles. The molecule has 0 fully saturated rings. The van der Waals surface area contributed by atoms with E-state index in [0.29, 0.717) is 11.4 Å². The summed E-state index contributed by atoms with van der Waals surface area (Å²) in [6.45, 7) is 1.95. The summed E-state index contributed by atoms with van der Waals surface area (Å²) < 4.78 is 43.2. The van der Waals surface area contributed by atoms with Crippen LogP contribution in [-0.2, 0) is 14.8 Å². The normalized spacial score (nSPS) is 11.0. The van der Waals surface area contributed by atoms with Crippen molar-refractivity contribution in [3.8, 4) is 5.75 Å². The molecule has 0 heterocycles. The molecule has 0 atom stereocenters. The number of carbonyl (C=O) groups is 1. The van der Waals surface area contributed by atoms with Crippen LogP contribution in [0.3, 0.4) is 0 Å². The van der Waals surface area contributed by atoms with E-state index in [9.17, 15) is 17.6 Å². The average Bonchev–Trinajstić information content (AvgIpc) is 2.58. The number of hydrogen-bond acceptors (Lipinski definition) is 4. The molecule has 0 unspecified atom stereocenters. The molecule has 2 aromatic rings. The lowest BCUT2D eigenvalue weighted by Crippen LogP contribution is -2.41. The van der Waals surface area contributed by atoms with E-state index in [-0.39, 0.29) is 25.5 Å². The summed E-state index contributed by atoms with van der Waals surface area (Å²) in [4.78, 5) is 12.1. The third kappa shape index (κ3) is 6.03. The van der Waals surface area contributed by atoms with E-state index < -0.39 is 15.9 Å². The second-order valence-corrected chi connectivity index (χ2v) is 7.66. The van der Waals surface area contributed by atoms with Gasteiger partial charge in [0.1, 0.15) is 24.7 Å². The molecule has 0 saturated carbocycles. The molecular weight excluding hydrogens is 359 g/mol. The molecule has 1 amide bonds. The molecule has 6 nitrogen and oxygen atoms in total. The molecule has 0 aliphatic carbocycles. The second-order valence-electron chi connectivity index (χ2n) is 5.76. The number of nitrogens with zero attached hydrogens (tertiary/aromatic N) is 1. The van der Waals surface area contributed by atoms with E-state index in [4.69, 9.17) is 4.74 Å². The first-order chi connectivity index (χ1) is 12.3. The Morgan fingerprint density at radius 3 is 2.31 bits per heavy atom. The van der Waals surface area contributed by atoms with Gasteiger partial charge in [0.2, 0.25) is 15.9 Å². The zero-order valence-corrected chi connectivity index (χ0v) is 15.4. The van der Waals surface area contributed by atoms with Gasteiger partial charge in [-0.15, -0.1) is 0 Å². The zero-order chi connectivity index (χ0) is 19.2. The molecule has 0 bridgehead atoms. The number of sulfonamides is 1. The van der Waals surface area contributed by atoms with Gasteiger partial charge in [0.25, 0.3) is 0 Å². The molecule has 140 valence electrons. The molecule has 8 heteroatoms. The van der Waals surface area contributed by atoms with Crippen LogP contribution >= 0.6 is 0 Å². The van der Waals surface area contributed by atoms with Crippen molar-refractivity contribution in [2.75, 3.05) is 30.3 Å². The molecule has 0 spiro atoms. The number of anilines is 1. The molecule has 0 aliphatic heterocycles. The molecule has 1 N–H and O–H groups in total. The van der Waals surface area contributed by atoms with Crippen molar-refractivity contribution in [2.24, 2.45) is 0 Å². The Morgan fingerprint density at radius 2 is 1.73 bits per heavy atom. The van der Waals surface area contributed by atoms with Crippen LogP contribution in [0.25, 0.3) is 0 Å². The van der Waals surface area contributed by atoms with Crippen LogP contribution in [-0.4, -0.2) is 40.3 Å². The minimum absolute atomic E-state index is 0.181. The van der Waals surface area contributed by atoms with Gasteiger partial charge in [0, 0.05) is 0 Å². The first kappa shape index (κ1) is 19.7. The number of nitrogens with one attached hydrogen (secondary N) is 1. The second kappa shape index (κ2) is 8.66. The first-order valence-corrected chi connectivity index (χ1v) is 9.80. The predicted octanol–water partition coefficient (Wildman–Crippen LogP) is 2.10. The van der Waals surface area contributed by atoms with Crippen molar-refractivity contribution in [2.45, 2.75) is 6.92 Å². The van der Waals surface area contributed by atoms with Crippen molar-refractivity contribution in [1.82, 2.24) is 5.32 Å². The summed E-state index contributed by atoms with van der Waals surface area (Å²) in [5.41, 5.74) is 1.42. The summed E-state index contributed by atoms with van der Waals surface area (Å²) in [6.07, 6.45) is 1.05. The van der Waals surface area contributed by atoms with Gasteiger partial charge in [0.05, 0.1) is 18.5 Å². The molecule has 0 aliphatic rings. The largest absolute Gasteiger partial charge is 0.492 e. The Balaban J connectivity index is 1.87. The minimum Gasteiger partial charge on any atom is -0.492 e. The van der Waals surface area contributed by atoms with Crippen molar-refractivity contribution in [1.29, 1.82) is 0 Å². The SMILES string of the molecule is Cc1ccc(N(CC(=O)NCCOc2ccc(F)cc2)S(C)(=O)=O)cc1. The Bertz CT molecular complexity index is 836. The van der Waals surface area contributed by atoms with Crippen LogP contribution in [0, 0.1) is 12.7 Å². The lowest BCUT2D eigenvalue weighted by atomic mass is 10.2. The van der Waals surface area contributed by atoms with Crippen LogP contribution in [0.15, 0.2) is 48.5 Å². The van der Waals surface area contributed by atoms with E-state index in [2.05, 4.69) is 5.32 Å². The van der Waals surface area contributed by atoms with Crippen LogP contribution in [0.5, 0.6) is 5.75 Å².